The zero-order valence-electron chi connectivity index (χ0n) is 18.3. The Morgan fingerprint density at radius 2 is 1.85 bits per heavy atom. The van der Waals surface area contributed by atoms with Crippen molar-refractivity contribution < 1.29 is 24.8 Å². The first-order valence-corrected chi connectivity index (χ1v) is 11.1. The number of fused-ring (bicyclic) bond motifs is 4. The maximum Gasteiger partial charge on any atom is 0.315 e. The highest BCUT2D eigenvalue weighted by molar-refractivity contribution is 6.00. The second kappa shape index (κ2) is 8.29. The lowest BCUT2D eigenvalue weighted by Crippen LogP contribution is -3.00. The largest absolute Gasteiger partial charge is 0.595 e. The zero-order chi connectivity index (χ0) is 23.3. The summed E-state index contributed by atoms with van der Waals surface area (Å²) in [7, 11) is 1.58. The van der Waals surface area contributed by atoms with Crippen molar-refractivity contribution in [2.75, 3.05) is 31.6 Å². The number of anilines is 1. The molecule has 0 radical (unpaired) electrons. The summed E-state index contributed by atoms with van der Waals surface area (Å²) in [6.45, 7) is 1.71. The highest BCUT2D eigenvalue weighted by Crippen LogP contribution is 2.37. The number of likely N-dealkylation sites (tertiary alicyclic amines) is 1. The number of pyridine rings is 1. The number of rotatable bonds is 4. The zero-order valence-corrected chi connectivity index (χ0v) is 18.3. The number of carbonyl (C=O) groups is 2. The van der Waals surface area contributed by atoms with Crippen molar-refractivity contribution >= 4 is 23.2 Å². The number of hydrogen-bond donors (Lipinski definition) is 2. The number of nitrogens with zero attached hydrogens (tertiary/aromatic N) is 3. The Balaban J connectivity index is 1.31. The van der Waals surface area contributed by atoms with Crippen LogP contribution in [0.2, 0.25) is 0 Å². The minimum atomic E-state index is -1.23. The van der Waals surface area contributed by atoms with Crippen LogP contribution in [0.3, 0.4) is 0 Å². The molecule has 2 amide bonds. The smallest absolute Gasteiger partial charge is 0.315 e. The van der Waals surface area contributed by atoms with Gasteiger partial charge < -0.3 is 24.3 Å². The summed E-state index contributed by atoms with van der Waals surface area (Å²) in [5, 5.41) is 19.4. The first kappa shape index (κ1) is 21.6. The summed E-state index contributed by atoms with van der Waals surface area (Å²) in [6, 6.07) is 10.3. The van der Waals surface area contributed by atoms with E-state index in [0.29, 0.717) is 31.9 Å². The summed E-state index contributed by atoms with van der Waals surface area (Å²) in [5.74, 6) is 0.243. The number of aromatic nitrogens is 1. The van der Waals surface area contributed by atoms with Gasteiger partial charge in [0.05, 0.1) is 13.0 Å². The molecule has 4 atom stereocenters. The minimum absolute atomic E-state index is 0.0215. The molecule has 1 aromatic heterocycles. The highest BCUT2D eigenvalue weighted by Gasteiger charge is 2.42. The molecule has 2 aromatic rings. The maximum atomic E-state index is 13.4. The van der Waals surface area contributed by atoms with E-state index >= 15 is 0 Å². The number of nitrogens with one attached hydrogen (secondary N) is 1. The molecule has 2 saturated heterocycles. The number of amides is 2. The average Bonchev–Trinajstić information content (AvgIpc) is 3.20. The second-order valence-corrected chi connectivity index (χ2v) is 9.04. The molecule has 5 rings (SSSR count). The SMILES string of the molecule is COc1ccc(N2CC(C(=O)N3CC4CC(C3)c3ccc([NH+]([O-])O)c(=O)n3C4)CC2=O)cc1. The average molecular weight is 454 g/mol. The van der Waals surface area contributed by atoms with Crippen molar-refractivity contribution in [1.82, 2.24) is 9.47 Å². The first-order valence-electron chi connectivity index (χ1n) is 11.1. The van der Waals surface area contributed by atoms with E-state index in [1.807, 2.05) is 17.0 Å². The van der Waals surface area contributed by atoms with Crippen LogP contribution in [0.25, 0.3) is 0 Å². The fraction of sp³-hybridized carbons (Fsp3) is 0.435. The van der Waals surface area contributed by atoms with Gasteiger partial charge in [0, 0.05) is 56.0 Å². The normalized spacial score (nSPS) is 25.1. The number of piperidine rings is 1. The van der Waals surface area contributed by atoms with Gasteiger partial charge in [0.15, 0.2) is 0 Å². The predicted octanol–water partition coefficient (Wildman–Crippen LogP) is 0.259. The number of quaternary nitrogens is 1. The van der Waals surface area contributed by atoms with Crippen LogP contribution in [-0.4, -0.2) is 53.2 Å². The van der Waals surface area contributed by atoms with Gasteiger partial charge >= 0.3 is 5.56 Å². The van der Waals surface area contributed by atoms with E-state index in [0.717, 1.165) is 17.8 Å². The van der Waals surface area contributed by atoms with Gasteiger partial charge in [-0.05, 0) is 42.7 Å². The molecule has 0 saturated carbocycles. The molecule has 33 heavy (non-hydrogen) atoms. The number of benzene rings is 1. The number of carbonyl (C=O) groups excluding carboxylic acids is 2. The molecule has 3 aliphatic heterocycles. The molecule has 2 N–H and O–H groups in total. The Hall–Kier alpha value is -3.21. The highest BCUT2D eigenvalue weighted by atomic mass is 16.8. The van der Waals surface area contributed by atoms with Gasteiger partial charge in [-0.1, -0.05) is 0 Å². The van der Waals surface area contributed by atoms with E-state index in [1.165, 1.54) is 6.07 Å². The lowest BCUT2D eigenvalue weighted by atomic mass is 9.82. The quantitative estimate of drug-likeness (QED) is 0.640. The van der Waals surface area contributed by atoms with Crippen molar-refractivity contribution in [2.24, 2.45) is 11.8 Å². The number of hydrogen-bond acceptors (Lipinski definition) is 6. The van der Waals surface area contributed by atoms with Crippen molar-refractivity contribution in [1.29, 1.82) is 0 Å². The lowest BCUT2D eigenvalue weighted by Gasteiger charge is -2.43. The molecule has 2 fully saturated rings. The molecule has 3 aliphatic rings. The minimum Gasteiger partial charge on any atom is -0.595 e. The van der Waals surface area contributed by atoms with Crippen LogP contribution in [0.5, 0.6) is 5.75 Å². The van der Waals surface area contributed by atoms with Gasteiger partial charge in [-0.2, -0.15) is 5.23 Å². The van der Waals surface area contributed by atoms with E-state index in [-0.39, 0.29) is 35.8 Å². The van der Waals surface area contributed by atoms with Gasteiger partial charge in [-0.3, -0.25) is 14.4 Å². The molecule has 2 bridgehead atoms. The lowest BCUT2D eigenvalue weighted by molar-refractivity contribution is -0.992. The molecule has 174 valence electrons. The van der Waals surface area contributed by atoms with Gasteiger partial charge in [0.1, 0.15) is 5.75 Å². The summed E-state index contributed by atoms with van der Waals surface area (Å²) in [5.41, 5.74) is 0.816. The maximum absolute atomic E-state index is 13.4. The summed E-state index contributed by atoms with van der Waals surface area (Å²) in [6.07, 6.45) is 1.03. The van der Waals surface area contributed by atoms with E-state index in [1.54, 1.807) is 34.8 Å². The molecule has 1 aromatic carbocycles. The molecular formula is C23H26N4O6. The standard InChI is InChI=1S/C23H26N4O6/c1-33-18-4-2-17(3-5-18)25-13-16(9-21(25)28)22(29)24-10-14-8-15(12-24)19-6-7-20(27(31)32)23(30)26(19)11-14/h2-7,14-16,27,31H,8-13H2,1H3. The van der Waals surface area contributed by atoms with Gasteiger partial charge in [-0.15, -0.1) is 0 Å². The monoisotopic (exact) mass is 454 g/mol. The van der Waals surface area contributed by atoms with Crippen molar-refractivity contribution in [3.8, 4) is 5.75 Å². The third-order valence-corrected chi connectivity index (χ3v) is 7.00. The van der Waals surface area contributed by atoms with E-state index < -0.39 is 16.7 Å². The Morgan fingerprint density at radius 1 is 1.09 bits per heavy atom. The van der Waals surface area contributed by atoms with Gasteiger partial charge in [-0.25, -0.2) is 5.21 Å². The van der Waals surface area contributed by atoms with E-state index in [2.05, 4.69) is 0 Å². The molecule has 0 aliphatic carbocycles. The first-order chi connectivity index (χ1) is 15.9. The van der Waals surface area contributed by atoms with Crippen LogP contribution in [0.1, 0.15) is 24.5 Å². The van der Waals surface area contributed by atoms with Crippen LogP contribution in [0.15, 0.2) is 41.2 Å². The van der Waals surface area contributed by atoms with Crippen molar-refractivity contribution in [2.45, 2.75) is 25.3 Å². The molecule has 10 nitrogen and oxygen atoms in total. The summed E-state index contributed by atoms with van der Waals surface area (Å²) < 4.78 is 6.73. The molecule has 4 unspecified atom stereocenters. The van der Waals surface area contributed by atoms with Gasteiger partial charge in [0.2, 0.25) is 17.5 Å². The number of methoxy groups -OCH3 is 1. The Morgan fingerprint density at radius 3 is 2.55 bits per heavy atom. The van der Waals surface area contributed by atoms with Crippen LogP contribution in [0.4, 0.5) is 11.4 Å². The van der Waals surface area contributed by atoms with Crippen molar-refractivity contribution in [3.63, 3.8) is 0 Å². The fourth-order valence-corrected chi connectivity index (χ4v) is 5.43. The van der Waals surface area contributed by atoms with Crippen LogP contribution >= 0.6 is 0 Å². The molecule has 10 heteroatoms. The summed E-state index contributed by atoms with van der Waals surface area (Å²) >= 11 is 0. The summed E-state index contributed by atoms with van der Waals surface area (Å²) in [4.78, 5) is 42.1. The van der Waals surface area contributed by atoms with Crippen molar-refractivity contribution in [3.05, 3.63) is 57.7 Å². The van der Waals surface area contributed by atoms with Crippen LogP contribution in [0, 0.1) is 17.0 Å². The number of ether oxygens (including phenoxy) is 1. The Kier molecular flexibility index (Phi) is 5.43. The third kappa shape index (κ3) is 3.79. The van der Waals surface area contributed by atoms with Gasteiger partial charge in [0.25, 0.3) is 0 Å². The van der Waals surface area contributed by atoms with Crippen LogP contribution < -0.4 is 20.4 Å². The van der Waals surface area contributed by atoms with Crippen LogP contribution in [-0.2, 0) is 16.1 Å². The molecule has 4 heterocycles. The van der Waals surface area contributed by atoms with E-state index in [9.17, 15) is 24.8 Å². The third-order valence-electron chi connectivity index (χ3n) is 7.00. The predicted molar refractivity (Wildman–Crippen MR) is 117 cm³/mol. The Bertz CT molecular complexity index is 1140. The molecule has 0 spiro atoms. The Labute approximate surface area is 190 Å². The molecular weight excluding hydrogens is 428 g/mol. The topological polar surface area (TPSA) is 120 Å². The fourth-order valence-electron chi connectivity index (χ4n) is 5.43. The van der Waals surface area contributed by atoms with E-state index in [4.69, 9.17) is 4.74 Å². The second-order valence-electron chi connectivity index (χ2n) is 9.04.